The third-order valence-electron chi connectivity index (χ3n) is 4.48. The normalized spacial score (nSPS) is 12.5. The number of aldehydes is 1. The molecule has 1 aromatic heterocycles. The Labute approximate surface area is 168 Å². The number of carbonyl (C=O) groups excluding carboxylic acids is 1. The highest BCUT2D eigenvalue weighted by Crippen LogP contribution is 2.47. The monoisotopic (exact) mass is 424 g/mol. The second-order valence-electron chi connectivity index (χ2n) is 6.05. The fourth-order valence-corrected chi connectivity index (χ4v) is 4.03. The van der Waals surface area contributed by atoms with Gasteiger partial charge >= 0.3 is 6.18 Å². The van der Waals surface area contributed by atoms with Crippen molar-refractivity contribution in [2.45, 2.75) is 12.1 Å². The molecular weight excluding hydrogens is 408 g/mol. The number of methoxy groups -OCH3 is 2. The highest BCUT2D eigenvalue weighted by atomic mass is 32.1. The molecule has 0 fully saturated rings. The van der Waals surface area contributed by atoms with Crippen LogP contribution in [0.15, 0.2) is 47.8 Å². The van der Waals surface area contributed by atoms with E-state index >= 15 is 0 Å². The lowest BCUT2D eigenvalue weighted by molar-refractivity contribution is -0.138. The fourth-order valence-electron chi connectivity index (χ4n) is 3.28. The quantitative estimate of drug-likeness (QED) is 0.364. The molecular formula is C21H16F4O3S. The van der Waals surface area contributed by atoms with E-state index in [1.165, 1.54) is 31.6 Å². The average Bonchev–Trinajstić information content (AvgIpc) is 3.22. The van der Waals surface area contributed by atoms with E-state index < -0.39 is 29.0 Å². The molecule has 0 spiro atoms. The van der Waals surface area contributed by atoms with Gasteiger partial charge in [0.05, 0.1) is 31.3 Å². The number of benzene rings is 2. The van der Waals surface area contributed by atoms with E-state index in [1.54, 1.807) is 18.2 Å². The molecule has 8 heteroatoms. The van der Waals surface area contributed by atoms with Crippen molar-refractivity contribution in [3.05, 3.63) is 70.4 Å². The zero-order valence-electron chi connectivity index (χ0n) is 15.4. The minimum atomic E-state index is -4.84. The maximum absolute atomic E-state index is 14.6. The molecule has 3 nitrogen and oxygen atoms in total. The summed E-state index contributed by atoms with van der Waals surface area (Å²) in [5.74, 6) is -2.45. The lowest BCUT2D eigenvalue weighted by Crippen LogP contribution is -2.17. The number of halogens is 4. The third kappa shape index (κ3) is 3.85. The lowest BCUT2D eigenvalue weighted by atomic mass is 9.86. The summed E-state index contributed by atoms with van der Waals surface area (Å²) in [6, 6.07) is 9.41. The molecule has 0 radical (unpaired) electrons. The molecule has 0 aliphatic rings. The first-order valence-electron chi connectivity index (χ1n) is 8.43. The SMILES string of the molecule is COc1ccc(-c2cccs2)c(OC)c1C(C=O)c1c(F)cccc1C(F)(F)F. The van der Waals surface area contributed by atoms with Crippen LogP contribution in [0.25, 0.3) is 10.4 Å². The summed E-state index contributed by atoms with van der Waals surface area (Å²) >= 11 is 1.39. The first-order chi connectivity index (χ1) is 13.8. The van der Waals surface area contributed by atoms with Crippen molar-refractivity contribution in [1.82, 2.24) is 0 Å². The molecule has 0 amide bonds. The summed E-state index contributed by atoms with van der Waals surface area (Å²) in [5.41, 5.74) is -1.39. The van der Waals surface area contributed by atoms with Crippen LogP contribution in [0.1, 0.15) is 22.6 Å². The van der Waals surface area contributed by atoms with Gasteiger partial charge in [0, 0.05) is 16.0 Å². The number of carbonyl (C=O) groups is 1. The van der Waals surface area contributed by atoms with E-state index in [1.807, 2.05) is 5.38 Å². The van der Waals surface area contributed by atoms with Crippen molar-refractivity contribution in [3.63, 3.8) is 0 Å². The molecule has 152 valence electrons. The summed E-state index contributed by atoms with van der Waals surface area (Å²) in [6.07, 6.45) is -4.57. The van der Waals surface area contributed by atoms with Gasteiger partial charge in [0.1, 0.15) is 23.6 Å². The highest BCUT2D eigenvalue weighted by Gasteiger charge is 2.39. The number of thiophene rings is 1. The number of hydrogen-bond donors (Lipinski definition) is 0. The van der Waals surface area contributed by atoms with Crippen LogP contribution in [-0.4, -0.2) is 20.5 Å². The van der Waals surface area contributed by atoms with Gasteiger partial charge in [-0.15, -0.1) is 11.3 Å². The van der Waals surface area contributed by atoms with Gasteiger partial charge in [0.15, 0.2) is 0 Å². The second-order valence-corrected chi connectivity index (χ2v) is 7.00. The van der Waals surface area contributed by atoms with Gasteiger partial charge in [-0.2, -0.15) is 13.2 Å². The van der Waals surface area contributed by atoms with Crippen molar-refractivity contribution in [3.8, 4) is 21.9 Å². The van der Waals surface area contributed by atoms with Crippen molar-refractivity contribution < 1.29 is 31.8 Å². The van der Waals surface area contributed by atoms with Crippen LogP contribution >= 0.6 is 11.3 Å². The largest absolute Gasteiger partial charge is 0.496 e. The Morgan fingerprint density at radius 1 is 1.00 bits per heavy atom. The van der Waals surface area contributed by atoms with E-state index in [-0.39, 0.29) is 23.3 Å². The molecule has 1 unspecified atom stereocenters. The van der Waals surface area contributed by atoms with Gasteiger partial charge in [0.25, 0.3) is 0 Å². The molecule has 0 N–H and O–H groups in total. The number of ether oxygens (including phenoxy) is 2. The van der Waals surface area contributed by atoms with Crippen molar-refractivity contribution in [2.75, 3.05) is 14.2 Å². The minimum absolute atomic E-state index is 0.0338. The van der Waals surface area contributed by atoms with Gasteiger partial charge in [-0.1, -0.05) is 12.1 Å². The predicted octanol–water partition coefficient (Wildman–Crippen LogP) is 5.92. The Bertz CT molecular complexity index is 1010. The molecule has 2 aromatic carbocycles. The standard InChI is InChI=1S/C21H16F4O3S/c1-27-16-9-8-12(17-7-4-10-29-17)20(28-2)19(16)13(11-26)18-14(21(23,24)25)5-3-6-15(18)22/h3-11,13H,1-2H3. The zero-order valence-corrected chi connectivity index (χ0v) is 16.2. The Morgan fingerprint density at radius 3 is 2.31 bits per heavy atom. The van der Waals surface area contributed by atoms with Crippen molar-refractivity contribution in [2.24, 2.45) is 0 Å². The van der Waals surface area contributed by atoms with E-state index in [9.17, 15) is 22.4 Å². The Hall–Kier alpha value is -2.87. The second kappa shape index (κ2) is 8.24. The summed E-state index contributed by atoms with van der Waals surface area (Å²) in [4.78, 5) is 12.8. The van der Waals surface area contributed by atoms with Gasteiger partial charge < -0.3 is 14.3 Å². The molecule has 0 saturated carbocycles. The zero-order chi connectivity index (χ0) is 21.2. The van der Waals surface area contributed by atoms with Crippen LogP contribution in [0.5, 0.6) is 11.5 Å². The molecule has 0 aliphatic heterocycles. The number of rotatable bonds is 6. The molecule has 3 aromatic rings. The smallest absolute Gasteiger partial charge is 0.416 e. The van der Waals surface area contributed by atoms with Gasteiger partial charge in [-0.25, -0.2) is 4.39 Å². The number of hydrogen-bond acceptors (Lipinski definition) is 4. The molecule has 3 rings (SSSR count). The Morgan fingerprint density at radius 2 is 1.76 bits per heavy atom. The Kier molecular flexibility index (Phi) is 5.93. The van der Waals surface area contributed by atoms with Crippen LogP contribution in [0.3, 0.4) is 0 Å². The maximum Gasteiger partial charge on any atom is 0.416 e. The van der Waals surface area contributed by atoms with Gasteiger partial charge in [-0.3, -0.25) is 0 Å². The minimum Gasteiger partial charge on any atom is -0.496 e. The first kappa shape index (κ1) is 20.9. The molecule has 1 heterocycles. The van der Waals surface area contributed by atoms with Crippen LogP contribution in [-0.2, 0) is 11.0 Å². The molecule has 29 heavy (non-hydrogen) atoms. The third-order valence-corrected chi connectivity index (χ3v) is 5.39. The van der Waals surface area contributed by atoms with Crippen molar-refractivity contribution in [1.29, 1.82) is 0 Å². The summed E-state index contributed by atoms with van der Waals surface area (Å²) in [6.45, 7) is 0. The maximum atomic E-state index is 14.6. The van der Waals surface area contributed by atoms with Crippen LogP contribution in [0.4, 0.5) is 17.6 Å². The average molecular weight is 424 g/mol. The fraction of sp³-hybridized carbons (Fsp3) is 0.190. The van der Waals surface area contributed by atoms with Gasteiger partial charge in [-0.05, 0) is 35.7 Å². The van der Waals surface area contributed by atoms with Crippen molar-refractivity contribution >= 4 is 17.6 Å². The first-order valence-corrected chi connectivity index (χ1v) is 9.31. The topological polar surface area (TPSA) is 35.5 Å². The van der Waals surface area contributed by atoms with E-state index in [4.69, 9.17) is 9.47 Å². The lowest BCUT2D eigenvalue weighted by Gasteiger charge is -2.23. The molecule has 0 saturated heterocycles. The van der Waals surface area contributed by atoms with Crippen LogP contribution in [0.2, 0.25) is 0 Å². The van der Waals surface area contributed by atoms with Crippen LogP contribution < -0.4 is 9.47 Å². The summed E-state index contributed by atoms with van der Waals surface area (Å²) in [7, 11) is 2.65. The van der Waals surface area contributed by atoms with Gasteiger partial charge in [0.2, 0.25) is 0 Å². The molecule has 0 bridgehead atoms. The molecule has 0 aliphatic carbocycles. The molecule has 1 atom stereocenters. The van der Waals surface area contributed by atoms with Crippen LogP contribution in [0, 0.1) is 5.82 Å². The summed E-state index contributed by atoms with van der Waals surface area (Å²) in [5, 5.41) is 1.83. The predicted molar refractivity (Wildman–Crippen MR) is 102 cm³/mol. The van der Waals surface area contributed by atoms with E-state index in [0.717, 1.165) is 23.1 Å². The van der Waals surface area contributed by atoms with E-state index in [2.05, 4.69) is 0 Å². The summed E-state index contributed by atoms with van der Waals surface area (Å²) < 4.78 is 66.1. The highest BCUT2D eigenvalue weighted by molar-refractivity contribution is 7.13. The van der Waals surface area contributed by atoms with E-state index in [0.29, 0.717) is 5.56 Å². The Balaban J connectivity index is 2.35. The number of alkyl halides is 3.